The minimum absolute atomic E-state index is 0.0105. The van der Waals surface area contributed by atoms with Gasteiger partial charge in [0.1, 0.15) is 23.1 Å². The van der Waals surface area contributed by atoms with Gasteiger partial charge in [-0.2, -0.15) is 4.31 Å². The molecule has 1 aliphatic heterocycles. The second kappa shape index (κ2) is 7.36. The second-order valence-corrected chi connectivity index (χ2v) is 7.08. The molecule has 0 atom stereocenters. The van der Waals surface area contributed by atoms with Crippen molar-refractivity contribution in [2.75, 3.05) is 33.4 Å². The fourth-order valence-electron chi connectivity index (χ4n) is 2.29. The molecule has 0 aromatic heterocycles. The average Bonchev–Trinajstić information content (AvgIpc) is 2.49. The van der Waals surface area contributed by atoms with E-state index in [1.807, 2.05) is 0 Å². The molecule has 0 saturated carbocycles. The smallest absolute Gasteiger partial charge is 0.246 e. The fourth-order valence-corrected chi connectivity index (χ4v) is 3.91. The van der Waals surface area contributed by atoms with Crippen LogP contribution in [-0.4, -0.2) is 52.2 Å². The van der Waals surface area contributed by atoms with E-state index in [4.69, 9.17) is 15.2 Å². The molecule has 8 heteroatoms. The van der Waals surface area contributed by atoms with Gasteiger partial charge in [-0.25, -0.2) is 12.8 Å². The molecule has 6 nitrogen and oxygen atoms in total. The number of ether oxygens (including phenoxy) is 2. The summed E-state index contributed by atoms with van der Waals surface area (Å²) < 4.78 is 50.5. The van der Waals surface area contributed by atoms with Gasteiger partial charge in [0.05, 0.1) is 6.61 Å². The fraction of sp³-hybridized carbons (Fsp3) is 0.571. The summed E-state index contributed by atoms with van der Waals surface area (Å²) in [6.07, 6.45) is 1.18. The third-order valence-corrected chi connectivity index (χ3v) is 5.49. The van der Waals surface area contributed by atoms with E-state index in [1.54, 1.807) is 0 Å². The van der Waals surface area contributed by atoms with Crippen LogP contribution in [0, 0.1) is 5.82 Å². The highest BCUT2D eigenvalue weighted by Crippen LogP contribution is 2.29. The first-order valence-electron chi connectivity index (χ1n) is 7.12. The minimum Gasteiger partial charge on any atom is -0.490 e. The predicted molar refractivity (Wildman–Crippen MR) is 79.7 cm³/mol. The summed E-state index contributed by atoms with van der Waals surface area (Å²) in [6.45, 7) is 1.17. The maximum Gasteiger partial charge on any atom is 0.246 e. The minimum atomic E-state index is -3.80. The van der Waals surface area contributed by atoms with Gasteiger partial charge in [0, 0.05) is 26.2 Å². The van der Waals surface area contributed by atoms with Gasteiger partial charge in [0.2, 0.25) is 10.0 Å². The monoisotopic (exact) mass is 332 g/mol. The lowest BCUT2D eigenvalue weighted by molar-refractivity contribution is 0.144. The molecule has 0 bridgehead atoms. The molecule has 1 fully saturated rings. The third kappa shape index (κ3) is 3.95. The Hall–Kier alpha value is -1.22. The normalized spacial score (nSPS) is 17.6. The average molecular weight is 332 g/mol. The van der Waals surface area contributed by atoms with E-state index < -0.39 is 15.8 Å². The van der Waals surface area contributed by atoms with Gasteiger partial charge in [-0.05, 0) is 31.0 Å². The van der Waals surface area contributed by atoms with Crippen molar-refractivity contribution < 1.29 is 22.3 Å². The van der Waals surface area contributed by atoms with Crippen LogP contribution in [0.3, 0.4) is 0 Å². The second-order valence-electron chi connectivity index (χ2n) is 5.17. The lowest BCUT2D eigenvalue weighted by Gasteiger charge is -2.29. The van der Waals surface area contributed by atoms with Crippen LogP contribution in [0.25, 0.3) is 0 Å². The zero-order chi connectivity index (χ0) is 16.2. The molecular weight excluding hydrogens is 311 g/mol. The number of sulfonamides is 1. The third-order valence-electron chi connectivity index (χ3n) is 3.57. The number of benzene rings is 1. The van der Waals surface area contributed by atoms with Crippen LogP contribution >= 0.6 is 0 Å². The number of hydrogen-bond donors (Lipinski definition) is 1. The number of halogens is 1. The number of hydrogen-bond acceptors (Lipinski definition) is 5. The largest absolute Gasteiger partial charge is 0.490 e. The Labute approximate surface area is 130 Å². The van der Waals surface area contributed by atoms with E-state index in [2.05, 4.69) is 0 Å². The molecule has 1 aromatic carbocycles. The quantitative estimate of drug-likeness (QED) is 0.785. The first-order chi connectivity index (χ1) is 10.4. The van der Waals surface area contributed by atoms with E-state index >= 15 is 0 Å². The lowest BCUT2D eigenvalue weighted by atomic mass is 10.1. The van der Waals surface area contributed by atoms with Gasteiger partial charge < -0.3 is 15.2 Å². The Kier molecular flexibility index (Phi) is 5.74. The maximum absolute atomic E-state index is 13.5. The molecule has 2 rings (SSSR count). The van der Waals surface area contributed by atoms with Crippen molar-refractivity contribution in [3.8, 4) is 5.75 Å². The van der Waals surface area contributed by atoms with Crippen molar-refractivity contribution in [2.45, 2.75) is 23.8 Å². The number of rotatable bonds is 6. The molecule has 0 spiro atoms. The number of methoxy groups -OCH3 is 1. The van der Waals surface area contributed by atoms with Crippen molar-refractivity contribution in [1.29, 1.82) is 0 Å². The summed E-state index contributed by atoms with van der Waals surface area (Å²) >= 11 is 0. The van der Waals surface area contributed by atoms with Crippen molar-refractivity contribution in [2.24, 2.45) is 5.73 Å². The molecule has 124 valence electrons. The Morgan fingerprint density at radius 3 is 2.64 bits per heavy atom. The first-order valence-corrected chi connectivity index (χ1v) is 8.56. The van der Waals surface area contributed by atoms with Gasteiger partial charge in [-0.15, -0.1) is 0 Å². The molecule has 1 heterocycles. The molecule has 1 aromatic rings. The van der Waals surface area contributed by atoms with Gasteiger partial charge in [-0.1, -0.05) is 0 Å². The summed E-state index contributed by atoms with van der Waals surface area (Å²) in [5, 5.41) is 0. The highest BCUT2D eigenvalue weighted by Gasteiger charge is 2.31. The van der Waals surface area contributed by atoms with E-state index in [0.717, 1.165) is 6.07 Å². The zero-order valence-corrected chi connectivity index (χ0v) is 13.3. The van der Waals surface area contributed by atoms with E-state index in [0.29, 0.717) is 32.5 Å². The molecule has 22 heavy (non-hydrogen) atoms. The Bertz CT molecular complexity index is 601. The molecule has 0 amide bonds. The molecular formula is C14H21FN2O4S. The van der Waals surface area contributed by atoms with E-state index in [-0.39, 0.29) is 23.3 Å². The summed E-state index contributed by atoms with van der Waals surface area (Å²) in [4.78, 5) is -0.154. The van der Waals surface area contributed by atoms with Crippen LogP contribution in [-0.2, 0) is 14.8 Å². The molecule has 1 aliphatic rings. The highest BCUT2D eigenvalue weighted by atomic mass is 32.2. The first kappa shape index (κ1) is 17.1. The number of nitrogens with two attached hydrogens (primary N) is 1. The summed E-state index contributed by atoms with van der Waals surface area (Å²) in [5.74, 6) is -0.486. The van der Waals surface area contributed by atoms with Crippen molar-refractivity contribution in [1.82, 2.24) is 4.31 Å². The van der Waals surface area contributed by atoms with Crippen molar-refractivity contribution in [3.05, 3.63) is 24.0 Å². The maximum atomic E-state index is 13.5. The van der Waals surface area contributed by atoms with Crippen LogP contribution < -0.4 is 10.5 Å². The number of piperidine rings is 1. The van der Waals surface area contributed by atoms with Crippen molar-refractivity contribution in [3.63, 3.8) is 0 Å². The Morgan fingerprint density at radius 1 is 1.32 bits per heavy atom. The Balaban J connectivity index is 2.26. The number of nitrogens with zero attached hydrogens (tertiary/aromatic N) is 1. The highest BCUT2D eigenvalue weighted by molar-refractivity contribution is 7.89. The van der Waals surface area contributed by atoms with Crippen LogP contribution in [0.15, 0.2) is 23.1 Å². The van der Waals surface area contributed by atoms with Gasteiger partial charge in [0.25, 0.3) is 0 Å². The van der Waals surface area contributed by atoms with Crippen LogP contribution in [0.4, 0.5) is 4.39 Å². The van der Waals surface area contributed by atoms with Crippen LogP contribution in [0.1, 0.15) is 12.8 Å². The van der Waals surface area contributed by atoms with Gasteiger partial charge in [-0.3, -0.25) is 0 Å². The van der Waals surface area contributed by atoms with E-state index in [9.17, 15) is 12.8 Å². The summed E-state index contributed by atoms with van der Waals surface area (Å²) in [6, 6.07) is 3.50. The molecule has 1 saturated heterocycles. The zero-order valence-electron chi connectivity index (χ0n) is 12.5. The van der Waals surface area contributed by atoms with Gasteiger partial charge in [0.15, 0.2) is 0 Å². The topological polar surface area (TPSA) is 81.9 Å². The predicted octanol–water partition coefficient (Wildman–Crippen LogP) is 0.963. The Morgan fingerprint density at radius 2 is 2.00 bits per heavy atom. The van der Waals surface area contributed by atoms with E-state index in [1.165, 1.54) is 23.5 Å². The standard InChI is InChI=1S/C14H21FN2O4S/c1-20-8-9-21-13-3-2-11(15)10-14(13)22(18,19)17-6-4-12(16)5-7-17/h2-3,10,12H,4-9,16H2,1H3. The lowest BCUT2D eigenvalue weighted by Crippen LogP contribution is -2.42. The molecule has 0 aliphatic carbocycles. The molecule has 0 unspecified atom stereocenters. The van der Waals surface area contributed by atoms with Gasteiger partial charge >= 0.3 is 0 Å². The molecule has 0 radical (unpaired) electrons. The van der Waals surface area contributed by atoms with Crippen LogP contribution in [0.2, 0.25) is 0 Å². The van der Waals surface area contributed by atoms with Crippen LogP contribution in [0.5, 0.6) is 5.75 Å². The summed E-state index contributed by atoms with van der Waals surface area (Å²) in [5.41, 5.74) is 5.79. The SMILES string of the molecule is COCCOc1ccc(F)cc1S(=O)(=O)N1CCC(N)CC1. The van der Waals surface area contributed by atoms with Crippen molar-refractivity contribution >= 4 is 10.0 Å². The molecule has 2 N–H and O–H groups in total. The summed E-state index contributed by atoms with van der Waals surface area (Å²) in [7, 11) is -2.29.